The number of nitrogens with one attached hydrogen (secondary N) is 1. The quantitative estimate of drug-likeness (QED) is 0.261. The summed E-state index contributed by atoms with van der Waals surface area (Å²) in [5.41, 5.74) is 6.92. The Morgan fingerprint density at radius 3 is 2.85 bits per heavy atom. The molecule has 0 amide bonds. The van der Waals surface area contributed by atoms with Gasteiger partial charge in [-0.15, -0.1) is 0 Å². The molecular weight excluding hydrogens is 385 g/mol. The molecule has 1 aromatic heterocycles. The number of ether oxygens (including phenoxy) is 1. The van der Waals surface area contributed by atoms with E-state index in [4.69, 9.17) is 10.3 Å². The van der Waals surface area contributed by atoms with Gasteiger partial charge in [0.1, 0.15) is 12.2 Å². The highest BCUT2D eigenvalue weighted by molar-refractivity contribution is 14.1. The van der Waals surface area contributed by atoms with Crippen molar-refractivity contribution in [3.8, 4) is 0 Å². The maximum Gasteiger partial charge on any atom is 0.330 e. The molecule has 1 saturated heterocycles. The zero-order valence-electron chi connectivity index (χ0n) is 9.88. The van der Waals surface area contributed by atoms with Crippen LogP contribution in [0.25, 0.3) is 10.4 Å². The number of aliphatic hydroxyl groups excluding tert-OH is 2. The Hall–Kier alpha value is -1.40. The molecule has 4 atom stereocenters. The summed E-state index contributed by atoms with van der Waals surface area (Å²) < 4.78 is 6.53. The average Bonchev–Trinajstić information content (AvgIpc) is 2.68. The normalized spacial score (nSPS) is 29.1. The molecule has 0 bridgehead atoms. The second-order valence-corrected chi connectivity index (χ2v) is 5.27. The van der Waals surface area contributed by atoms with Crippen LogP contribution in [-0.4, -0.2) is 44.6 Å². The molecule has 1 aromatic rings. The van der Waals surface area contributed by atoms with E-state index in [0.29, 0.717) is 0 Å². The summed E-state index contributed by atoms with van der Waals surface area (Å²) in [6.07, 6.45) is -3.56. The van der Waals surface area contributed by atoms with E-state index >= 15 is 0 Å². The first-order valence-electron chi connectivity index (χ1n) is 5.49. The van der Waals surface area contributed by atoms with Crippen molar-refractivity contribution >= 4 is 22.6 Å². The van der Waals surface area contributed by atoms with E-state index in [0.717, 1.165) is 4.57 Å². The van der Waals surface area contributed by atoms with Crippen molar-refractivity contribution in [2.45, 2.75) is 24.5 Å². The lowest BCUT2D eigenvalue weighted by atomic mass is 10.1. The molecule has 0 aromatic carbocycles. The predicted molar refractivity (Wildman–Crippen MR) is 74.0 cm³/mol. The fourth-order valence-corrected chi connectivity index (χ4v) is 2.31. The molecule has 2 rings (SSSR count). The molecule has 10 nitrogen and oxygen atoms in total. The van der Waals surface area contributed by atoms with Crippen molar-refractivity contribution in [1.29, 1.82) is 0 Å². The van der Waals surface area contributed by atoms with Crippen LogP contribution in [0.5, 0.6) is 0 Å². The Kier molecular flexibility index (Phi) is 4.45. The molecule has 0 radical (unpaired) electrons. The van der Waals surface area contributed by atoms with Crippen molar-refractivity contribution in [2.75, 3.05) is 6.54 Å². The van der Waals surface area contributed by atoms with Gasteiger partial charge in [0.25, 0.3) is 5.56 Å². The minimum Gasteiger partial charge on any atom is -0.388 e. The van der Waals surface area contributed by atoms with E-state index in [1.54, 1.807) is 22.6 Å². The molecular formula is C9H10IN5O5. The third-order valence-corrected chi connectivity index (χ3v) is 3.63. The van der Waals surface area contributed by atoms with Crippen LogP contribution in [0.1, 0.15) is 6.23 Å². The van der Waals surface area contributed by atoms with Crippen LogP contribution >= 0.6 is 22.6 Å². The number of azide groups is 1. The van der Waals surface area contributed by atoms with Gasteiger partial charge in [-0.05, 0) is 28.1 Å². The fraction of sp³-hybridized carbons (Fsp3) is 0.556. The monoisotopic (exact) mass is 395 g/mol. The number of hydrogen-bond acceptors (Lipinski definition) is 6. The zero-order valence-corrected chi connectivity index (χ0v) is 12.0. The van der Waals surface area contributed by atoms with E-state index < -0.39 is 35.8 Å². The molecule has 1 aliphatic rings. The molecule has 20 heavy (non-hydrogen) atoms. The first kappa shape index (κ1) is 15.0. The highest BCUT2D eigenvalue weighted by atomic mass is 127. The summed E-state index contributed by atoms with van der Waals surface area (Å²) in [7, 11) is 0. The topological polar surface area (TPSA) is 153 Å². The van der Waals surface area contributed by atoms with Gasteiger partial charge in [-0.1, -0.05) is 5.11 Å². The van der Waals surface area contributed by atoms with E-state index in [2.05, 4.69) is 15.0 Å². The van der Waals surface area contributed by atoms with Crippen molar-refractivity contribution in [3.63, 3.8) is 0 Å². The molecule has 11 heteroatoms. The molecule has 108 valence electrons. The first-order valence-corrected chi connectivity index (χ1v) is 6.57. The Labute approximate surface area is 124 Å². The van der Waals surface area contributed by atoms with Crippen molar-refractivity contribution in [3.05, 3.63) is 41.0 Å². The summed E-state index contributed by atoms with van der Waals surface area (Å²) in [4.78, 5) is 27.6. The van der Waals surface area contributed by atoms with Gasteiger partial charge in [-0.25, -0.2) is 4.79 Å². The molecule has 0 unspecified atom stereocenters. The van der Waals surface area contributed by atoms with Gasteiger partial charge in [0.05, 0.1) is 16.2 Å². The van der Waals surface area contributed by atoms with Crippen molar-refractivity contribution < 1.29 is 14.9 Å². The third kappa shape index (κ3) is 2.71. The maximum atomic E-state index is 11.7. The van der Waals surface area contributed by atoms with Gasteiger partial charge < -0.3 is 14.9 Å². The number of aliphatic hydroxyl groups is 2. The fourth-order valence-electron chi connectivity index (χ4n) is 1.88. The number of aromatic amines is 1. The first-order chi connectivity index (χ1) is 9.45. The second kappa shape index (κ2) is 5.93. The molecule has 0 spiro atoms. The highest BCUT2D eigenvalue weighted by Crippen LogP contribution is 2.28. The van der Waals surface area contributed by atoms with Crippen LogP contribution in [0.4, 0.5) is 0 Å². The average molecular weight is 395 g/mol. The highest BCUT2D eigenvalue weighted by Gasteiger charge is 2.43. The Morgan fingerprint density at radius 1 is 1.50 bits per heavy atom. The van der Waals surface area contributed by atoms with Crippen LogP contribution in [0.15, 0.2) is 20.9 Å². The molecule has 1 aliphatic heterocycles. The molecule has 1 fully saturated rings. The lowest BCUT2D eigenvalue weighted by Gasteiger charge is -2.17. The van der Waals surface area contributed by atoms with Gasteiger partial charge in [0.2, 0.25) is 0 Å². The number of nitrogens with zero attached hydrogens (tertiary/aromatic N) is 4. The van der Waals surface area contributed by atoms with Gasteiger partial charge in [-0.2, -0.15) is 0 Å². The minimum absolute atomic E-state index is 0.180. The van der Waals surface area contributed by atoms with Crippen molar-refractivity contribution in [2.24, 2.45) is 5.11 Å². The van der Waals surface area contributed by atoms with Gasteiger partial charge >= 0.3 is 5.69 Å². The lowest BCUT2D eigenvalue weighted by Crippen LogP contribution is -2.38. The summed E-state index contributed by atoms with van der Waals surface area (Å²) >= 11 is 1.72. The summed E-state index contributed by atoms with van der Waals surface area (Å²) in [5.74, 6) is 0. The number of hydrogen-bond donors (Lipinski definition) is 3. The molecule has 0 aliphatic carbocycles. The van der Waals surface area contributed by atoms with Gasteiger partial charge in [0, 0.05) is 11.1 Å². The van der Waals surface area contributed by atoms with Gasteiger partial charge in [-0.3, -0.25) is 14.3 Å². The largest absolute Gasteiger partial charge is 0.388 e. The summed E-state index contributed by atoms with van der Waals surface area (Å²) in [6, 6.07) is 0. The minimum atomic E-state index is -1.38. The van der Waals surface area contributed by atoms with Crippen LogP contribution in [0.3, 0.4) is 0 Å². The Bertz CT molecular complexity index is 665. The lowest BCUT2D eigenvalue weighted by molar-refractivity contribution is -0.0373. The maximum absolute atomic E-state index is 11.7. The van der Waals surface area contributed by atoms with Crippen molar-refractivity contribution in [1.82, 2.24) is 9.55 Å². The number of rotatable bonds is 3. The van der Waals surface area contributed by atoms with E-state index in [9.17, 15) is 19.8 Å². The number of H-pyrrole nitrogens is 1. The van der Waals surface area contributed by atoms with Crippen LogP contribution < -0.4 is 11.2 Å². The molecule has 2 heterocycles. The number of halogens is 1. The standard InChI is InChI=1S/C9H10IN5O5/c10-3-2-15(9(19)13-7(3)18)8-6(17)5(16)4(20-8)1-12-14-11/h2,4-6,8,16-17H,1H2,(H,13,18,19)/t4-,5-,6+,8-/m1/s1. The molecule has 0 saturated carbocycles. The predicted octanol–water partition coefficient (Wildman–Crippen LogP) is -0.929. The van der Waals surface area contributed by atoms with Crippen LogP contribution in [-0.2, 0) is 4.74 Å². The van der Waals surface area contributed by atoms with E-state index in [-0.39, 0.29) is 10.1 Å². The molecule has 3 N–H and O–H groups in total. The summed E-state index contributed by atoms with van der Waals surface area (Å²) in [5, 5.41) is 22.9. The van der Waals surface area contributed by atoms with Gasteiger partial charge in [0.15, 0.2) is 6.23 Å². The third-order valence-electron chi connectivity index (χ3n) is 2.86. The Balaban J connectivity index is 2.34. The zero-order chi connectivity index (χ0) is 14.9. The summed E-state index contributed by atoms with van der Waals surface area (Å²) in [6.45, 7) is -0.180. The second-order valence-electron chi connectivity index (χ2n) is 4.10. The Morgan fingerprint density at radius 2 is 2.20 bits per heavy atom. The van der Waals surface area contributed by atoms with E-state index in [1.807, 2.05) is 0 Å². The van der Waals surface area contributed by atoms with Crippen LogP contribution in [0, 0.1) is 3.57 Å². The van der Waals surface area contributed by atoms with E-state index in [1.165, 1.54) is 6.20 Å². The van der Waals surface area contributed by atoms with Crippen LogP contribution in [0.2, 0.25) is 0 Å². The smallest absolute Gasteiger partial charge is 0.330 e. The number of aromatic nitrogens is 2. The SMILES string of the molecule is [N-]=[N+]=NC[C@H]1O[C@@H](n2cc(I)c(=O)[nH]c2=O)[C@@H](O)[C@@H]1O.